The van der Waals surface area contributed by atoms with Gasteiger partial charge >= 0.3 is 0 Å². The lowest BCUT2D eigenvalue weighted by atomic mass is 10.1. The van der Waals surface area contributed by atoms with Gasteiger partial charge in [-0.15, -0.1) is 0 Å². The molecular formula is C13H12N2O2. The molecule has 0 radical (unpaired) electrons. The van der Waals surface area contributed by atoms with Gasteiger partial charge in [0.05, 0.1) is 0 Å². The second-order valence-electron chi connectivity index (χ2n) is 4.19. The number of rotatable bonds is 3. The summed E-state index contributed by atoms with van der Waals surface area (Å²) in [6.45, 7) is 0. The molecule has 1 aliphatic rings. The minimum Gasteiger partial charge on any atom is -0.355 e. The first-order valence-corrected chi connectivity index (χ1v) is 5.66. The van der Waals surface area contributed by atoms with Crippen LogP contribution >= 0.6 is 0 Å². The molecule has 0 atom stereocenters. The number of carbonyl (C=O) groups is 1. The third-order valence-electron chi connectivity index (χ3n) is 2.71. The fourth-order valence-electron chi connectivity index (χ4n) is 1.61. The first-order chi connectivity index (χ1) is 8.33. The summed E-state index contributed by atoms with van der Waals surface area (Å²) in [5, 5.41) is 6.66. The molecule has 1 aromatic heterocycles. The van der Waals surface area contributed by atoms with Gasteiger partial charge in [-0.25, -0.2) is 0 Å². The Hall–Kier alpha value is -2.10. The molecular weight excluding hydrogens is 216 g/mol. The van der Waals surface area contributed by atoms with Gasteiger partial charge in [-0.3, -0.25) is 4.79 Å². The summed E-state index contributed by atoms with van der Waals surface area (Å²) >= 11 is 0. The lowest BCUT2D eigenvalue weighted by Crippen LogP contribution is -2.25. The third kappa shape index (κ3) is 2.20. The fraction of sp³-hybridized carbons (Fsp3) is 0.231. The molecule has 1 aromatic carbocycles. The zero-order chi connectivity index (χ0) is 11.7. The number of aromatic nitrogens is 1. The average molecular weight is 228 g/mol. The molecule has 0 aliphatic heterocycles. The molecule has 1 fully saturated rings. The summed E-state index contributed by atoms with van der Waals surface area (Å²) < 4.78 is 5.16. The highest BCUT2D eigenvalue weighted by Gasteiger charge is 2.25. The van der Waals surface area contributed by atoms with Gasteiger partial charge in [0, 0.05) is 17.7 Å². The number of nitrogens with zero attached hydrogens (tertiary/aromatic N) is 1. The Morgan fingerprint density at radius 3 is 2.76 bits per heavy atom. The number of nitrogens with one attached hydrogen (secondary N) is 1. The molecule has 1 saturated carbocycles. The first kappa shape index (κ1) is 10.1. The molecule has 4 nitrogen and oxygen atoms in total. The zero-order valence-corrected chi connectivity index (χ0v) is 9.22. The van der Waals surface area contributed by atoms with Crippen molar-refractivity contribution < 1.29 is 9.32 Å². The zero-order valence-electron chi connectivity index (χ0n) is 9.22. The Morgan fingerprint density at radius 2 is 2.06 bits per heavy atom. The van der Waals surface area contributed by atoms with Crippen LogP contribution < -0.4 is 5.32 Å². The second-order valence-corrected chi connectivity index (χ2v) is 4.19. The van der Waals surface area contributed by atoms with E-state index in [0.29, 0.717) is 17.5 Å². The minimum absolute atomic E-state index is 0.154. The molecule has 1 heterocycles. The van der Waals surface area contributed by atoms with Gasteiger partial charge in [0.2, 0.25) is 0 Å². The first-order valence-electron chi connectivity index (χ1n) is 5.66. The van der Waals surface area contributed by atoms with Crippen LogP contribution in [0.2, 0.25) is 0 Å². The number of benzene rings is 1. The number of amides is 1. The van der Waals surface area contributed by atoms with Crippen molar-refractivity contribution in [2.45, 2.75) is 18.9 Å². The van der Waals surface area contributed by atoms with Gasteiger partial charge in [0.1, 0.15) is 0 Å². The van der Waals surface area contributed by atoms with Crippen molar-refractivity contribution in [1.82, 2.24) is 10.5 Å². The lowest BCUT2D eigenvalue weighted by molar-refractivity contribution is 0.0942. The van der Waals surface area contributed by atoms with Crippen LogP contribution in [0, 0.1) is 0 Å². The van der Waals surface area contributed by atoms with Crippen LogP contribution in [0.4, 0.5) is 0 Å². The maximum Gasteiger partial charge on any atom is 0.273 e. The number of carbonyl (C=O) groups excluding carboxylic acids is 1. The SMILES string of the molecule is O=C(NC1CC1)c1cc(-c2ccccc2)on1. The predicted octanol–water partition coefficient (Wildman–Crippen LogP) is 2.23. The van der Waals surface area contributed by atoms with Crippen molar-refractivity contribution in [3.05, 3.63) is 42.1 Å². The molecule has 3 rings (SSSR count). The Labute approximate surface area is 98.6 Å². The number of hydrogen-bond acceptors (Lipinski definition) is 3. The van der Waals surface area contributed by atoms with E-state index in [9.17, 15) is 4.79 Å². The largest absolute Gasteiger partial charge is 0.355 e. The molecule has 1 amide bonds. The van der Waals surface area contributed by atoms with Crippen LogP contribution in [0.3, 0.4) is 0 Å². The molecule has 0 bridgehead atoms. The predicted molar refractivity (Wildman–Crippen MR) is 62.4 cm³/mol. The third-order valence-corrected chi connectivity index (χ3v) is 2.71. The van der Waals surface area contributed by atoms with E-state index >= 15 is 0 Å². The average Bonchev–Trinajstić information content (AvgIpc) is 3.04. The Morgan fingerprint density at radius 1 is 1.29 bits per heavy atom. The Kier molecular flexibility index (Phi) is 2.40. The van der Waals surface area contributed by atoms with Gasteiger partial charge in [-0.1, -0.05) is 35.5 Å². The molecule has 0 saturated heterocycles. The summed E-state index contributed by atoms with van der Waals surface area (Å²) in [6, 6.07) is 11.6. The summed E-state index contributed by atoms with van der Waals surface area (Å²) in [5.41, 5.74) is 1.27. The molecule has 1 aliphatic carbocycles. The molecule has 2 aromatic rings. The van der Waals surface area contributed by atoms with Gasteiger partial charge < -0.3 is 9.84 Å². The van der Waals surface area contributed by atoms with E-state index in [1.165, 1.54) is 0 Å². The Bertz CT molecular complexity index is 529. The maximum atomic E-state index is 11.7. The maximum absolute atomic E-state index is 11.7. The highest BCUT2D eigenvalue weighted by Crippen LogP contribution is 2.22. The highest BCUT2D eigenvalue weighted by molar-refractivity contribution is 5.93. The van der Waals surface area contributed by atoms with E-state index < -0.39 is 0 Å². The fourth-order valence-corrected chi connectivity index (χ4v) is 1.61. The van der Waals surface area contributed by atoms with Crippen molar-refractivity contribution in [2.75, 3.05) is 0 Å². The topological polar surface area (TPSA) is 55.1 Å². The normalized spacial score (nSPS) is 14.6. The van der Waals surface area contributed by atoms with Gasteiger partial charge in [0.15, 0.2) is 11.5 Å². The Balaban J connectivity index is 1.80. The van der Waals surface area contributed by atoms with E-state index in [2.05, 4.69) is 10.5 Å². The summed E-state index contributed by atoms with van der Waals surface area (Å²) in [4.78, 5) is 11.7. The summed E-state index contributed by atoms with van der Waals surface area (Å²) in [5.74, 6) is 0.463. The van der Waals surface area contributed by atoms with Crippen molar-refractivity contribution in [3.8, 4) is 11.3 Å². The van der Waals surface area contributed by atoms with E-state index in [-0.39, 0.29) is 5.91 Å². The van der Waals surface area contributed by atoms with E-state index in [1.807, 2.05) is 30.3 Å². The van der Waals surface area contributed by atoms with Crippen LogP contribution in [0.5, 0.6) is 0 Å². The van der Waals surface area contributed by atoms with Crippen molar-refractivity contribution in [3.63, 3.8) is 0 Å². The van der Waals surface area contributed by atoms with E-state index in [4.69, 9.17) is 4.52 Å². The van der Waals surface area contributed by atoms with Crippen molar-refractivity contribution >= 4 is 5.91 Å². The number of hydrogen-bond donors (Lipinski definition) is 1. The van der Waals surface area contributed by atoms with Gasteiger partial charge in [-0.2, -0.15) is 0 Å². The van der Waals surface area contributed by atoms with Crippen LogP contribution in [0.15, 0.2) is 40.9 Å². The van der Waals surface area contributed by atoms with E-state index in [0.717, 1.165) is 18.4 Å². The molecule has 0 spiro atoms. The van der Waals surface area contributed by atoms with Crippen molar-refractivity contribution in [1.29, 1.82) is 0 Å². The molecule has 1 N–H and O–H groups in total. The van der Waals surface area contributed by atoms with Crippen LogP contribution in [0.1, 0.15) is 23.3 Å². The molecule has 0 unspecified atom stereocenters. The standard InChI is InChI=1S/C13H12N2O2/c16-13(14-10-6-7-10)11-8-12(17-15-11)9-4-2-1-3-5-9/h1-5,8,10H,6-7H2,(H,14,16). The molecule has 4 heteroatoms. The summed E-state index contributed by atoms with van der Waals surface area (Å²) in [7, 11) is 0. The molecule has 17 heavy (non-hydrogen) atoms. The van der Waals surface area contributed by atoms with E-state index in [1.54, 1.807) is 6.07 Å². The lowest BCUT2D eigenvalue weighted by Gasteiger charge is -1.96. The molecule has 86 valence electrons. The highest BCUT2D eigenvalue weighted by atomic mass is 16.5. The van der Waals surface area contributed by atoms with Crippen LogP contribution in [-0.4, -0.2) is 17.1 Å². The monoisotopic (exact) mass is 228 g/mol. The van der Waals surface area contributed by atoms with Crippen LogP contribution in [-0.2, 0) is 0 Å². The quantitative estimate of drug-likeness (QED) is 0.876. The van der Waals surface area contributed by atoms with Gasteiger partial charge in [0.25, 0.3) is 5.91 Å². The van der Waals surface area contributed by atoms with Crippen LogP contribution in [0.25, 0.3) is 11.3 Å². The second kappa shape index (κ2) is 4.05. The minimum atomic E-state index is -0.154. The van der Waals surface area contributed by atoms with Gasteiger partial charge in [-0.05, 0) is 12.8 Å². The smallest absolute Gasteiger partial charge is 0.273 e. The van der Waals surface area contributed by atoms with Crippen molar-refractivity contribution in [2.24, 2.45) is 0 Å². The summed E-state index contributed by atoms with van der Waals surface area (Å²) in [6.07, 6.45) is 2.13.